The molecule has 0 radical (unpaired) electrons. The first-order valence-electron chi connectivity index (χ1n) is 5.23. The second-order valence-electron chi connectivity index (χ2n) is 3.61. The van der Waals surface area contributed by atoms with E-state index >= 15 is 0 Å². The van der Waals surface area contributed by atoms with Gasteiger partial charge >= 0.3 is 0 Å². The molecule has 0 heterocycles. The lowest BCUT2D eigenvalue weighted by Crippen LogP contribution is -2.26. The van der Waals surface area contributed by atoms with Crippen LogP contribution >= 0.6 is 0 Å². The number of rotatable bonds is 3. The second kappa shape index (κ2) is 4.66. The number of hydrogen-bond acceptors (Lipinski definition) is 2. The second-order valence-corrected chi connectivity index (χ2v) is 3.61. The molecule has 0 aliphatic rings. The Labute approximate surface area is 94.5 Å². The highest BCUT2D eigenvalue weighted by molar-refractivity contribution is 5.93. The number of amides is 1. The van der Waals surface area contributed by atoms with Crippen LogP contribution in [-0.2, 0) is 4.79 Å². The molecule has 0 aliphatic heterocycles. The van der Waals surface area contributed by atoms with Gasteiger partial charge in [-0.3, -0.25) is 4.79 Å². The van der Waals surface area contributed by atoms with E-state index in [2.05, 4.69) is 28.8 Å². The summed E-state index contributed by atoms with van der Waals surface area (Å²) in [5.74, 6) is -0.0345. The summed E-state index contributed by atoms with van der Waals surface area (Å²) in [5.41, 5.74) is 1.03. The Bertz CT molecular complexity index is 503. The summed E-state index contributed by atoms with van der Waals surface area (Å²) in [7, 11) is 0. The van der Waals surface area contributed by atoms with Gasteiger partial charge in [-0.25, -0.2) is 0 Å². The monoisotopic (exact) mass is 214 g/mol. The summed E-state index contributed by atoms with van der Waals surface area (Å²) >= 11 is 0. The molecule has 2 rings (SSSR count). The maximum Gasteiger partial charge on any atom is 0.218 e. The highest BCUT2D eigenvalue weighted by Crippen LogP contribution is 2.22. The molecule has 2 N–H and O–H groups in total. The van der Waals surface area contributed by atoms with Gasteiger partial charge in [0.25, 0.3) is 0 Å². The SMILES string of the molecule is CC(=O)NCNc1cccc2ccccc12. The molecule has 2 aromatic rings. The van der Waals surface area contributed by atoms with Crippen LogP contribution in [0.2, 0.25) is 0 Å². The fourth-order valence-electron chi connectivity index (χ4n) is 1.64. The number of fused-ring (bicyclic) bond motifs is 1. The first-order valence-corrected chi connectivity index (χ1v) is 5.23. The highest BCUT2D eigenvalue weighted by atomic mass is 16.1. The van der Waals surface area contributed by atoms with Gasteiger partial charge in [0.05, 0.1) is 6.67 Å². The van der Waals surface area contributed by atoms with E-state index in [1.165, 1.54) is 12.3 Å². The molecule has 0 fully saturated rings. The van der Waals surface area contributed by atoms with Crippen molar-refractivity contribution >= 4 is 22.4 Å². The summed E-state index contributed by atoms with van der Waals surface area (Å²) in [6, 6.07) is 14.2. The molecule has 3 nitrogen and oxygen atoms in total. The van der Waals surface area contributed by atoms with Crippen LogP contribution in [0.1, 0.15) is 6.92 Å². The van der Waals surface area contributed by atoms with Gasteiger partial charge in [-0.1, -0.05) is 36.4 Å². The summed E-state index contributed by atoms with van der Waals surface area (Å²) in [5, 5.41) is 8.25. The zero-order chi connectivity index (χ0) is 11.4. The molecule has 0 bridgehead atoms. The molecule has 16 heavy (non-hydrogen) atoms. The van der Waals surface area contributed by atoms with Crippen LogP contribution in [0, 0.1) is 0 Å². The van der Waals surface area contributed by atoms with Gasteiger partial charge in [-0.05, 0) is 11.5 Å². The topological polar surface area (TPSA) is 41.1 Å². The predicted octanol–water partition coefficient (Wildman–Crippen LogP) is 2.35. The number of carbonyl (C=O) groups is 1. The van der Waals surface area contributed by atoms with Crippen LogP contribution in [0.25, 0.3) is 10.8 Å². The van der Waals surface area contributed by atoms with Crippen LogP contribution in [0.15, 0.2) is 42.5 Å². The average molecular weight is 214 g/mol. The van der Waals surface area contributed by atoms with Crippen molar-refractivity contribution < 1.29 is 4.79 Å². The van der Waals surface area contributed by atoms with Gasteiger partial charge in [0.1, 0.15) is 0 Å². The third-order valence-corrected chi connectivity index (χ3v) is 2.41. The zero-order valence-electron chi connectivity index (χ0n) is 9.16. The Morgan fingerprint density at radius 1 is 1.12 bits per heavy atom. The van der Waals surface area contributed by atoms with Crippen molar-refractivity contribution in [3.63, 3.8) is 0 Å². The Hall–Kier alpha value is -2.03. The van der Waals surface area contributed by atoms with Gasteiger partial charge in [-0.2, -0.15) is 0 Å². The Kier molecular flexibility index (Phi) is 3.05. The van der Waals surface area contributed by atoms with E-state index in [1.54, 1.807) is 0 Å². The molecule has 0 atom stereocenters. The zero-order valence-corrected chi connectivity index (χ0v) is 9.16. The van der Waals surface area contributed by atoms with Crippen molar-refractivity contribution in [2.75, 3.05) is 12.0 Å². The largest absolute Gasteiger partial charge is 0.367 e. The maximum absolute atomic E-state index is 10.7. The Morgan fingerprint density at radius 3 is 2.69 bits per heavy atom. The first kappa shape index (κ1) is 10.5. The lowest BCUT2D eigenvalue weighted by Gasteiger charge is -2.09. The summed E-state index contributed by atoms with van der Waals surface area (Å²) < 4.78 is 0. The Morgan fingerprint density at radius 2 is 1.88 bits per heavy atom. The molecule has 82 valence electrons. The highest BCUT2D eigenvalue weighted by Gasteiger charge is 1.98. The maximum atomic E-state index is 10.7. The number of carbonyl (C=O) groups excluding carboxylic acids is 1. The van der Waals surface area contributed by atoms with Crippen LogP contribution in [-0.4, -0.2) is 12.6 Å². The summed E-state index contributed by atoms with van der Waals surface area (Å²) in [6.07, 6.45) is 0. The summed E-state index contributed by atoms with van der Waals surface area (Å²) in [4.78, 5) is 10.7. The minimum atomic E-state index is -0.0345. The van der Waals surface area contributed by atoms with Crippen LogP contribution in [0.4, 0.5) is 5.69 Å². The van der Waals surface area contributed by atoms with E-state index in [0.29, 0.717) is 6.67 Å². The quantitative estimate of drug-likeness (QED) is 0.770. The van der Waals surface area contributed by atoms with Gasteiger partial charge in [0.2, 0.25) is 5.91 Å². The third-order valence-electron chi connectivity index (χ3n) is 2.41. The van der Waals surface area contributed by atoms with Crippen molar-refractivity contribution in [3.8, 4) is 0 Å². The van der Waals surface area contributed by atoms with E-state index in [0.717, 1.165) is 11.1 Å². The predicted molar refractivity (Wildman–Crippen MR) is 66.3 cm³/mol. The number of hydrogen-bond donors (Lipinski definition) is 2. The molecular weight excluding hydrogens is 200 g/mol. The minimum absolute atomic E-state index is 0.0345. The van der Waals surface area contributed by atoms with Gasteiger partial charge < -0.3 is 10.6 Å². The van der Waals surface area contributed by atoms with Crippen molar-refractivity contribution in [2.24, 2.45) is 0 Å². The van der Waals surface area contributed by atoms with Gasteiger partial charge in [-0.15, -0.1) is 0 Å². The van der Waals surface area contributed by atoms with Gasteiger partial charge in [0, 0.05) is 18.0 Å². The number of benzene rings is 2. The minimum Gasteiger partial charge on any atom is -0.367 e. The number of anilines is 1. The van der Waals surface area contributed by atoms with Crippen LogP contribution in [0.3, 0.4) is 0 Å². The number of nitrogens with one attached hydrogen (secondary N) is 2. The van der Waals surface area contributed by atoms with Crippen molar-refractivity contribution in [1.82, 2.24) is 5.32 Å². The van der Waals surface area contributed by atoms with Crippen LogP contribution in [0.5, 0.6) is 0 Å². The Balaban J connectivity index is 2.20. The summed E-state index contributed by atoms with van der Waals surface area (Å²) in [6.45, 7) is 1.95. The normalized spacial score (nSPS) is 10.1. The first-order chi connectivity index (χ1) is 7.77. The smallest absolute Gasteiger partial charge is 0.218 e. The molecule has 0 aliphatic carbocycles. The van der Waals surface area contributed by atoms with Crippen molar-refractivity contribution in [1.29, 1.82) is 0 Å². The van der Waals surface area contributed by atoms with Crippen LogP contribution < -0.4 is 10.6 Å². The van der Waals surface area contributed by atoms with E-state index in [4.69, 9.17) is 0 Å². The molecule has 0 spiro atoms. The van der Waals surface area contributed by atoms with E-state index < -0.39 is 0 Å². The molecule has 0 unspecified atom stereocenters. The molecule has 0 aromatic heterocycles. The lowest BCUT2D eigenvalue weighted by atomic mass is 10.1. The fraction of sp³-hybridized carbons (Fsp3) is 0.154. The molecule has 0 saturated carbocycles. The van der Waals surface area contributed by atoms with E-state index in [1.807, 2.05) is 24.3 Å². The molecule has 1 amide bonds. The van der Waals surface area contributed by atoms with Crippen molar-refractivity contribution in [3.05, 3.63) is 42.5 Å². The molecule has 0 saturated heterocycles. The van der Waals surface area contributed by atoms with Gasteiger partial charge in [0.15, 0.2) is 0 Å². The van der Waals surface area contributed by atoms with E-state index in [-0.39, 0.29) is 5.91 Å². The average Bonchev–Trinajstić information content (AvgIpc) is 2.29. The van der Waals surface area contributed by atoms with Crippen molar-refractivity contribution in [2.45, 2.75) is 6.92 Å². The van der Waals surface area contributed by atoms with E-state index in [9.17, 15) is 4.79 Å². The molecule has 2 aromatic carbocycles. The standard InChI is InChI=1S/C13H14N2O/c1-10(16)14-9-15-13-8-4-6-11-5-2-3-7-12(11)13/h2-8,15H,9H2,1H3,(H,14,16). The fourth-order valence-corrected chi connectivity index (χ4v) is 1.64. The lowest BCUT2D eigenvalue weighted by molar-refractivity contribution is -0.118. The molecule has 3 heteroatoms. The molecular formula is C13H14N2O. The third kappa shape index (κ3) is 2.31.